The van der Waals surface area contributed by atoms with Gasteiger partial charge in [0, 0.05) is 5.56 Å². The summed E-state index contributed by atoms with van der Waals surface area (Å²) in [6.45, 7) is 2.84. The Hall–Kier alpha value is -2.11. The average molecular weight is 543 g/mol. The first-order valence-electron chi connectivity index (χ1n) is 8.48. The van der Waals surface area contributed by atoms with Gasteiger partial charge in [0.2, 0.25) is 5.89 Å². The lowest BCUT2D eigenvalue weighted by atomic mass is 9.73. The van der Waals surface area contributed by atoms with E-state index in [2.05, 4.69) is 4.98 Å². The number of aryl methyl sites for hydroxylation is 1. The molecule has 10 heteroatoms. The Kier molecular flexibility index (Phi) is 7.20. The summed E-state index contributed by atoms with van der Waals surface area (Å²) in [5, 5.41) is 0. The van der Waals surface area contributed by atoms with E-state index in [0.717, 1.165) is 25.1 Å². The summed E-state index contributed by atoms with van der Waals surface area (Å²) in [6.07, 6.45) is -2.97. The zero-order valence-corrected chi connectivity index (χ0v) is 17.8. The molecule has 3 nitrogen and oxygen atoms in total. The maximum absolute atomic E-state index is 13.2. The highest BCUT2D eigenvalue weighted by Crippen LogP contribution is 2.51. The number of rotatable bonds is 2. The smallest absolute Gasteiger partial charge is 0.417 e. The fraction of sp³-hybridized carbons (Fsp3) is 0.300. The molecule has 30 heavy (non-hydrogen) atoms. The second-order valence-electron chi connectivity index (χ2n) is 6.60. The van der Waals surface area contributed by atoms with Crippen molar-refractivity contribution >= 4 is 28.9 Å². The Morgan fingerprint density at radius 3 is 2.23 bits per heavy atom. The number of carbonyl (C=O) groups is 1. The summed E-state index contributed by atoms with van der Waals surface area (Å²) in [6, 6.07) is 4.65. The van der Waals surface area contributed by atoms with Gasteiger partial charge in [-0.3, -0.25) is 4.79 Å². The van der Waals surface area contributed by atoms with Crippen molar-refractivity contribution in [1.29, 1.82) is 0 Å². The number of benzene rings is 1. The summed E-state index contributed by atoms with van der Waals surface area (Å²) in [5.41, 5.74) is -3.20. The van der Waals surface area contributed by atoms with Crippen LogP contribution in [0.2, 0.25) is 0 Å². The molecule has 0 N–H and O–H groups in total. The second kappa shape index (κ2) is 8.94. The van der Waals surface area contributed by atoms with E-state index in [1.807, 2.05) is 22.6 Å². The number of allylic oxidation sites excluding steroid dienone is 4. The SMILES string of the molecule is Cc1oc(C2C=CC=CC2(C)C(F)(F)F)nc1I.O=Cc1ccccc1C(F)(F)F. The van der Waals surface area contributed by atoms with Crippen LogP contribution in [0.25, 0.3) is 0 Å². The summed E-state index contributed by atoms with van der Waals surface area (Å²) < 4.78 is 81.8. The fourth-order valence-corrected chi connectivity index (χ4v) is 3.08. The van der Waals surface area contributed by atoms with Gasteiger partial charge in [0.1, 0.15) is 9.46 Å². The summed E-state index contributed by atoms with van der Waals surface area (Å²) in [4.78, 5) is 14.3. The molecule has 162 valence electrons. The van der Waals surface area contributed by atoms with Crippen LogP contribution in [0.4, 0.5) is 26.3 Å². The molecule has 1 heterocycles. The number of hydrogen-bond acceptors (Lipinski definition) is 3. The van der Waals surface area contributed by atoms with Crippen LogP contribution in [-0.4, -0.2) is 17.4 Å². The number of aldehydes is 1. The van der Waals surface area contributed by atoms with E-state index >= 15 is 0 Å². The molecule has 1 aliphatic carbocycles. The zero-order chi connectivity index (χ0) is 22.7. The van der Waals surface area contributed by atoms with Crippen molar-refractivity contribution in [2.45, 2.75) is 32.1 Å². The van der Waals surface area contributed by atoms with Gasteiger partial charge in [-0.1, -0.05) is 42.5 Å². The van der Waals surface area contributed by atoms with Crippen molar-refractivity contribution in [1.82, 2.24) is 4.98 Å². The monoisotopic (exact) mass is 543 g/mol. The highest BCUT2D eigenvalue weighted by atomic mass is 127. The van der Waals surface area contributed by atoms with Crippen LogP contribution in [0.5, 0.6) is 0 Å². The Morgan fingerprint density at radius 2 is 1.77 bits per heavy atom. The Bertz CT molecular complexity index is 941. The largest absolute Gasteiger partial charge is 0.444 e. The molecule has 0 radical (unpaired) electrons. The Balaban J connectivity index is 0.000000232. The zero-order valence-electron chi connectivity index (χ0n) is 15.7. The molecule has 2 unspecified atom stereocenters. The van der Waals surface area contributed by atoms with E-state index in [1.54, 1.807) is 13.0 Å². The molecule has 1 aliphatic rings. The van der Waals surface area contributed by atoms with E-state index in [-0.39, 0.29) is 17.7 Å². The number of halogens is 7. The second-order valence-corrected chi connectivity index (χ2v) is 7.63. The lowest BCUT2D eigenvalue weighted by molar-refractivity contribution is -0.205. The van der Waals surface area contributed by atoms with Gasteiger partial charge in [0.15, 0.2) is 6.29 Å². The Labute approximate surface area is 182 Å². The van der Waals surface area contributed by atoms with Crippen molar-refractivity contribution in [2.75, 3.05) is 0 Å². The van der Waals surface area contributed by atoms with Crippen molar-refractivity contribution in [3.05, 3.63) is 75.0 Å². The molecule has 0 saturated carbocycles. The van der Waals surface area contributed by atoms with Gasteiger partial charge in [-0.15, -0.1) is 0 Å². The third-order valence-electron chi connectivity index (χ3n) is 4.53. The third-order valence-corrected chi connectivity index (χ3v) is 5.53. The van der Waals surface area contributed by atoms with Crippen molar-refractivity contribution < 1.29 is 35.6 Å². The van der Waals surface area contributed by atoms with E-state index in [9.17, 15) is 31.1 Å². The van der Waals surface area contributed by atoms with Gasteiger partial charge in [-0.25, -0.2) is 4.98 Å². The number of alkyl halides is 6. The molecule has 3 rings (SSSR count). The molecule has 0 fully saturated rings. The van der Waals surface area contributed by atoms with E-state index in [4.69, 9.17) is 4.42 Å². The number of carbonyl (C=O) groups excluding carboxylic acids is 1. The molecule has 0 saturated heterocycles. The van der Waals surface area contributed by atoms with Crippen LogP contribution in [0.3, 0.4) is 0 Å². The predicted octanol–water partition coefficient (Wildman–Crippen LogP) is 6.88. The minimum atomic E-state index is -4.45. The van der Waals surface area contributed by atoms with Crippen LogP contribution in [0.15, 0.2) is 53.0 Å². The first-order chi connectivity index (χ1) is 13.8. The maximum Gasteiger partial charge on any atom is 0.417 e. The van der Waals surface area contributed by atoms with Crippen LogP contribution >= 0.6 is 22.6 Å². The van der Waals surface area contributed by atoms with Crippen LogP contribution < -0.4 is 0 Å². The number of oxazole rings is 1. The van der Waals surface area contributed by atoms with E-state index in [1.165, 1.54) is 24.3 Å². The lowest BCUT2D eigenvalue weighted by Crippen LogP contribution is -2.39. The predicted molar refractivity (Wildman–Crippen MR) is 106 cm³/mol. The molecule has 0 spiro atoms. The van der Waals surface area contributed by atoms with Crippen molar-refractivity contribution in [3.63, 3.8) is 0 Å². The van der Waals surface area contributed by atoms with E-state index < -0.39 is 29.2 Å². The van der Waals surface area contributed by atoms with Crippen LogP contribution in [0, 0.1) is 16.0 Å². The number of nitrogens with zero attached hydrogens (tertiary/aromatic N) is 1. The summed E-state index contributed by atoms with van der Waals surface area (Å²) >= 11 is 1.95. The highest BCUT2D eigenvalue weighted by molar-refractivity contribution is 14.1. The van der Waals surface area contributed by atoms with Crippen molar-refractivity contribution in [3.8, 4) is 0 Å². The molecule has 2 atom stereocenters. The van der Waals surface area contributed by atoms with E-state index in [0.29, 0.717) is 9.46 Å². The fourth-order valence-electron chi connectivity index (χ4n) is 2.73. The third kappa shape index (κ3) is 5.13. The molecule has 1 aromatic heterocycles. The molecule has 0 amide bonds. The van der Waals surface area contributed by atoms with Gasteiger partial charge < -0.3 is 4.42 Å². The molecule has 0 aliphatic heterocycles. The summed E-state index contributed by atoms with van der Waals surface area (Å²) in [7, 11) is 0. The number of aromatic nitrogens is 1. The number of hydrogen-bond donors (Lipinski definition) is 0. The quantitative estimate of drug-likeness (QED) is 0.236. The normalized spacial score (nSPS) is 21.2. The molecule has 2 aromatic rings. The van der Waals surface area contributed by atoms with Gasteiger partial charge in [-0.2, -0.15) is 26.3 Å². The average Bonchev–Trinajstić information content (AvgIpc) is 2.99. The first-order valence-corrected chi connectivity index (χ1v) is 9.56. The minimum Gasteiger partial charge on any atom is -0.444 e. The lowest BCUT2D eigenvalue weighted by Gasteiger charge is -2.35. The standard InChI is InChI=1S/C12H11F3INO.C8H5F3O/c1-7-9(16)17-10(18-7)8-5-3-4-6-11(8,2)12(13,14)15;9-8(10,11)7-4-2-1-3-6(7)5-12/h3-6,8H,1-2H3;1-5H. The highest BCUT2D eigenvalue weighted by Gasteiger charge is 2.56. The Morgan fingerprint density at radius 1 is 1.13 bits per heavy atom. The molecular weight excluding hydrogens is 527 g/mol. The molecule has 1 aromatic carbocycles. The van der Waals surface area contributed by atoms with Gasteiger partial charge >= 0.3 is 12.4 Å². The van der Waals surface area contributed by atoms with Gasteiger partial charge in [0.25, 0.3) is 0 Å². The molecule has 0 bridgehead atoms. The maximum atomic E-state index is 13.2. The van der Waals surface area contributed by atoms with Gasteiger partial charge in [0.05, 0.1) is 16.9 Å². The summed E-state index contributed by atoms with van der Waals surface area (Å²) in [5.74, 6) is -0.278. The van der Waals surface area contributed by atoms with Crippen LogP contribution in [0.1, 0.15) is 40.4 Å². The first kappa shape index (κ1) is 24.2. The molecular formula is C20H16F6INO2. The van der Waals surface area contributed by atoms with Crippen LogP contribution in [-0.2, 0) is 6.18 Å². The van der Waals surface area contributed by atoms with Gasteiger partial charge in [-0.05, 0) is 42.5 Å². The minimum absolute atomic E-state index is 0.109. The van der Waals surface area contributed by atoms with Crippen molar-refractivity contribution in [2.24, 2.45) is 5.41 Å². The topological polar surface area (TPSA) is 43.1 Å².